The Kier molecular flexibility index (Phi) is 6.46. The van der Waals surface area contributed by atoms with E-state index in [0.717, 1.165) is 42.1 Å². The van der Waals surface area contributed by atoms with Gasteiger partial charge in [0.25, 0.3) is 0 Å². The topological polar surface area (TPSA) is 9.23 Å². The van der Waals surface area contributed by atoms with E-state index in [0.29, 0.717) is 6.10 Å². The number of hydrogen-bond donors (Lipinski definition) is 0. The van der Waals surface area contributed by atoms with Crippen LogP contribution in [0.1, 0.15) is 91.4 Å². The standard InChI is InChI=1S/C22H40O/c1-16-7-6-9-19(11-16)12-21-14-22(23-15-18(21)3)13-20-10-5-4-8-17(20)2/h16-22H,4-15H2,1-3H3/t16-,17?,18?,19?,20-,21+,22?/m1/s1. The first kappa shape index (κ1) is 17.8. The van der Waals surface area contributed by atoms with Crippen molar-refractivity contribution in [3.8, 4) is 0 Å². The first-order chi connectivity index (χ1) is 11.1. The van der Waals surface area contributed by atoms with Crippen LogP contribution in [0.5, 0.6) is 0 Å². The van der Waals surface area contributed by atoms with Gasteiger partial charge in [-0.25, -0.2) is 0 Å². The van der Waals surface area contributed by atoms with E-state index < -0.39 is 0 Å². The smallest absolute Gasteiger partial charge is 0.0580 e. The second-order valence-corrected chi connectivity index (χ2v) is 9.56. The summed E-state index contributed by atoms with van der Waals surface area (Å²) in [5, 5.41) is 0. The number of hydrogen-bond acceptors (Lipinski definition) is 1. The quantitative estimate of drug-likeness (QED) is 0.577. The molecule has 7 atom stereocenters. The fourth-order valence-electron chi connectivity index (χ4n) is 5.84. The van der Waals surface area contributed by atoms with Gasteiger partial charge in [-0.2, -0.15) is 0 Å². The van der Waals surface area contributed by atoms with Gasteiger partial charge in [0.15, 0.2) is 0 Å². The van der Waals surface area contributed by atoms with Gasteiger partial charge < -0.3 is 4.74 Å². The molecule has 0 bridgehead atoms. The molecule has 134 valence electrons. The highest BCUT2D eigenvalue weighted by Crippen LogP contribution is 2.40. The summed E-state index contributed by atoms with van der Waals surface area (Å²) < 4.78 is 6.28. The molecular formula is C22H40O. The average Bonchev–Trinajstić information content (AvgIpc) is 2.53. The maximum Gasteiger partial charge on any atom is 0.0580 e. The lowest BCUT2D eigenvalue weighted by Gasteiger charge is -2.40. The van der Waals surface area contributed by atoms with Gasteiger partial charge in [0.2, 0.25) is 0 Å². The molecule has 3 aliphatic rings. The van der Waals surface area contributed by atoms with Crippen LogP contribution >= 0.6 is 0 Å². The van der Waals surface area contributed by atoms with Gasteiger partial charge in [-0.3, -0.25) is 0 Å². The van der Waals surface area contributed by atoms with E-state index in [1.54, 1.807) is 0 Å². The van der Waals surface area contributed by atoms with Crippen LogP contribution in [0.4, 0.5) is 0 Å². The minimum Gasteiger partial charge on any atom is -0.378 e. The zero-order valence-corrected chi connectivity index (χ0v) is 15.9. The molecule has 1 nitrogen and oxygen atoms in total. The Morgan fingerprint density at radius 1 is 0.739 bits per heavy atom. The monoisotopic (exact) mass is 320 g/mol. The van der Waals surface area contributed by atoms with Crippen molar-refractivity contribution in [3.05, 3.63) is 0 Å². The average molecular weight is 321 g/mol. The van der Waals surface area contributed by atoms with Gasteiger partial charge in [0.1, 0.15) is 0 Å². The molecule has 0 spiro atoms. The Hall–Kier alpha value is -0.0400. The maximum atomic E-state index is 6.28. The SMILES string of the molecule is CC1CCCC[C@@H]1CC1C[C@H](CC2CCC[C@@H](C)C2)C(C)CO1. The Labute approximate surface area is 144 Å². The Morgan fingerprint density at radius 2 is 1.57 bits per heavy atom. The van der Waals surface area contributed by atoms with Crippen molar-refractivity contribution in [1.29, 1.82) is 0 Å². The second-order valence-electron chi connectivity index (χ2n) is 9.56. The van der Waals surface area contributed by atoms with Crippen LogP contribution in [0.25, 0.3) is 0 Å². The molecule has 0 aromatic rings. The van der Waals surface area contributed by atoms with E-state index in [9.17, 15) is 0 Å². The van der Waals surface area contributed by atoms with Crippen molar-refractivity contribution >= 4 is 0 Å². The summed E-state index contributed by atoms with van der Waals surface area (Å²) in [6.45, 7) is 8.41. The molecule has 0 amide bonds. The second kappa shape index (κ2) is 8.37. The summed E-state index contributed by atoms with van der Waals surface area (Å²) in [5.41, 5.74) is 0. The van der Waals surface area contributed by atoms with Crippen molar-refractivity contribution in [2.45, 2.75) is 97.5 Å². The highest BCUT2D eigenvalue weighted by atomic mass is 16.5. The van der Waals surface area contributed by atoms with Gasteiger partial charge >= 0.3 is 0 Å². The Balaban J connectivity index is 1.49. The van der Waals surface area contributed by atoms with Crippen LogP contribution in [-0.4, -0.2) is 12.7 Å². The lowest BCUT2D eigenvalue weighted by Crippen LogP contribution is -2.36. The molecule has 3 rings (SSSR count). The number of rotatable bonds is 4. The van der Waals surface area contributed by atoms with E-state index in [4.69, 9.17) is 4.74 Å². The van der Waals surface area contributed by atoms with E-state index in [1.165, 1.54) is 70.6 Å². The third-order valence-corrected chi connectivity index (χ3v) is 7.50. The molecule has 1 aliphatic heterocycles. The van der Waals surface area contributed by atoms with Crippen LogP contribution in [-0.2, 0) is 4.74 Å². The minimum absolute atomic E-state index is 0.572. The summed E-state index contributed by atoms with van der Waals surface area (Å²) in [7, 11) is 0. The normalized spacial score (nSPS) is 45.8. The van der Waals surface area contributed by atoms with E-state index >= 15 is 0 Å². The lowest BCUT2D eigenvalue weighted by atomic mass is 9.72. The molecule has 2 aliphatic carbocycles. The molecule has 1 heteroatoms. The Bertz CT molecular complexity index is 352. The summed E-state index contributed by atoms with van der Waals surface area (Å²) >= 11 is 0. The minimum atomic E-state index is 0.572. The van der Waals surface area contributed by atoms with E-state index in [2.05, 4.69) is 20.8 Å². The van der Waals surface area contributed by atoms with Crippen molar-refractivity contribution in [2.75, 3.05) is 6.61 Å². The van der Waals surface area contributed by atoms with Crippen molar-refractivity contribution < 1.29 is 4.74 Å². The highest BCUT2D eigenvalue weighted by Gasteiger charge is 2.33. The molecule has 1 heterocycles. The third-order valence-electron chi connectivity index (χ3n) is 7.50. The van der Waals surface area contributed by atoms with Crippen LogP contribution in [0, 0.1) is 35.5 Å². The molecule has 0 aromatic carbocycles. The predicted octanol–water partition coefficient (Wildman–Crippen LogP) is 6.46. The fraction of sp³-hybridized carbons (Fsp3) is 1.00. The molecule has 4 unspecified atom stereocenters. The lowest BCUT2D eigenvalue weighted by molar-refractivity contribution is -0.0628. The van der Waals surface area contributed by atoms with Gasteiger partial charge in [-0.05, 0) is 61.2 Å². The largest absolute Gasteiger partial charge is 0.378 e. The van der Waals surface area contributed by atoms with Gasteiger partial charge in [0, 0.05) is 6.61 Å². The molecule has 23 heavy (non-hydrogen) atoms. The molecule has 0 radical (unpaired) electrons. The van der Waals surface area contributed by atoms with Crippen molar-refractivity contribution in [1.82, 2.24) is 0 Å². The molecule has 3 fully saturated rings. The molecule has 0 N–H and O–H groups in total. The summed E-state index contributed by atoms with van der Waals surface area (Å²) in [6.07, 6.45) is 16.6. The predicted molar refractivity (Wildman–Crippen MR) is 98.5 cm³/mol. The van der Waals surface area contributed by atoms with Gasteiger partial charge in [0.05, 0.1) is 6.10 Å². The third kappa shape index (κ3) is 4.97. The summed E-state index contributed by atoms with van der Waals surface area (Å²) in [5.74, 6) is 5.58. The van der Waals surface area contributed by atoms with E-state index in [1.807, 2.05) is 0 Å². The molecule has 2 saturated carbocycles. The Morgan fingerprint density at radius 3 is 2.35 bits per heavy atom. The first-order valence-corrected chi connectivity index (χ1v) is 10.7. The van der Waals surface area contributed by atoms with Crippen LogP contribution in [0.2, 0.25) is 0 Å². The van der Waals surface area contributed by atoms with E-state index in [-0.39, 0.29) is 0 Å². The van der Waals surface area contributed by atoms with Gasteiger partial charge in [-0.15, -0.1) is 0 Å². The summed E-state index contributed by atoms with van der Waals surface area (Å²) in [6, 6.07) is 0. The fourth-order valence-corrected chi connectivity index (χ4v) is 5.84. The number of ether oxygens (including phenoxy) is 1. The molecular weight excluding hydrogens is 280 g/mol. The van der Waals surface area contributed by atoms with Crippen LogP contribution < -0.4 is 0 Å². The zero-order valence-electron chi connectivity index (χ0n) is 15.9. The highest BCUT2D eigenvalue weighted by molar-refractivity contribution is 4.84. The maximum absolute atomic E-state index is 6.28. The van der Waals surface area contributed by atoms with Crippen LogP contribution in [0.15, 0.2) is 0 Å². The first-order valence-electron chi connectivity index (χ1n) is 10.7. The molecule has 1 saturated heterocycles. The zero-order chi connectivity index (χ0) is 16.2. The summed E-state index contributed by atoms with van der Waals surface area (Å²) in [4.78, 5) is 0. The van der Waals surface area contributed by atoms with Gasteiger partial charge in [-0.1, -0.05) is 65.7 Å². The van der Waals surface area contributed by atoms with Crippen molar-refractivity contribution in [2.24, 2.45) is 35.5 Å². The van der Waals surface area contributed by atoms with Crippen molar-refractivity contribution in [3.63, 3.8) is 0 Å². The van der Waals surface area contributed by atoms with Crippen LogP contribution in [0.3, 0.4) is 0 Å². The molecule has 0 aromatic heterocycles.